The summed E-state index contributed by atoms with van der Waals surface area (Å²) in [4.78, 5) is 23.5. The summed E-state index contributed by atoms with van der Waals surface area (Å²) in [7, 11) is 0. The second-order valence-corrected chi connectivity index (χ2v) is 10.8. The highest BCUT2D eigenvalue weighted by molar-refractivity contribution is 6.30. The van der Waals surface area contributed by atoms with E-state index in [0.717, 1.165) is 61.5 Å². The fraction of sp³-hybridized carbons (Fsp3) is 0.367. The number of imidazole rings is 1. The van der Waals surface area contributed by atoms with Crippen LogP contribution in [0.1, 0.15) is 52.6 Å². The van der Waals surface area contributed by atoms with Crippen molar-refractivity contribution in [1.82, 2.24) is 19.4 Å². The van der Waals surface area contributed by atoms with Gasteiger partial charge in [0.25, 0.3) is 0 Å². The largest absolute Gasteiger partial charge is 0.478 e. The van der Waals surface area contributed by atoms with Gasteiger partial charge in [-0.1, -0.05) is 23.7 Å². The number of piperidine rings is 1. The molecular weight excluding hydrogens is 535 g/mol. The molecule has 0 radical (unpaired) electrons. The molecule has 0 bridgehead atoms. The number of hydrogen-bond donors (Lipinski definition) is 1. The normalized spacial score (nSPS) is 18.1. The molecular formula is C30H30ClFN4O4. The zero-order valence-corrected chi connectivity index (χ0v) is 22.7. The number of nitrogens with zero attached hydrogens (tertiary/aromatic N) is 4. The highest BCUT2D eigenvalue weighted by Gasteiger charge is 2.26. The van der Waals surface area contributed by atoms with E-state index in [0.29, 0.717) is 35.5 Å². The van der Waals surface area contributed by atoms with E-state index in [2.05, 4.69) is 9.47 Å². The van der Waals surface area contributed by atoms with Gasteiger partial charge >= 0.3 is 5.97 Å². The van der Waals surface area contributed by atoms with Crippen molar-refractivity contribution in [2.45, 2.75) is 51.0 Å². The van der Waals surface area contributed by atoms with E-state index in [4.69, 9.17) is 31.0 Å². The minimum absolute atomic E-state index is 0.0821. The Kier molecular flexibility index (Phi) is 7.69. The van der Waals surface area contributed by atoms with Gasteiger partial charge in [-0.25, -0.2) is 19.2 Å². The van der Waals surface area contributed by atoms with E-state index in [1.165, 1.54) is 6.07 Å². The molecule has 0 aliphatic carbocycles. The summed E-state index contributed by atoms with van der Waals surface area (Å²) >= 11 is 5.84. The van der Waals surface area contributed by atoms with Gasteiger partial charge in [0.15, 0.2) is 0 Å². The van der Waals surface area contributed by atoms with Crippen molar-refractivity contribution in [3.8, 4) is 5.88 Å². The van der Waals surface area contributed by atoms with Crippen LogP contribution in [-0.4, -0.2) is 56.3 Å². The Labute approximate surface area is 236 Å². The molecule has 0 saturated carbocycles. The van der Waals surface area contributed by atoms with Crippen LogP contribution in [-0.2, 0) is 24.4 Å². The lowest BCUT2D eigenvalue weighted by molar-refractivity contribution is -0.0592. The number of aromatic carboxylic acids is 1. The van der Waals surface area contributed by atoms with Gasteiger partial charge in [-0.05, 0) is 68.8 Å². The van der Waals surface area contributed by atoms with E-state index < -0.39 is 11.8 Å². The minimum Gasteiger partial charge on any atom is -0.478 e. The summed E-state index contributed by atoms with van der Waals surface area (Å²) in [5.74, 6) is 0.356. The Morgan fingerprint density at radius 1 is 1.10 bits per heavy atom. The average Bonchev–Trinajstić information content (AvgIpc) is 3.26. The van der Waals surface area contributed by atoms with Crippen molar-refractivity contribution >= 4 is 28.6 Å². The number of ether oxygens (including phenoxy) is 2. The van der Waals surface area contributed by atoms with Crippen molar-refractivity contribution < 1.29 is 23.8 Å². The molecule has 0 unspecified atom stereocenters. The van der Waals surface area contributed by atoms with E-state index in [-0.39, 0.29) is 18.3 Å². The lowest BCUT2D eigenvalue weighted by Gasteiger charge is -2.32. The van der Waals surface area contributed by atoms with Gasteiger partial charge in [-0.15, -0.1) is 0 Å². The Hall–Kier alpha value is -3.53. The third kappa shape index (κ3) is 5.82. The zero-order valence-electron chi connectivity index (χ0n) is 21.9. The number of rotatable bonds is 9. The topological polar surface area (TPSA) is 89.7 Å². The Balaban J connectivity index is 1.11. The minimum atomic E-state index is -0.946. The molecule has 8 nitrogen and oxygen atoms in total. The van der Waals surface area contributed by atoms with E-state index in [1.807, 2.05) is 12.1 Å². The van der Waals surface area contributed by atoms with Gasteiger partial charge < -0.3 is 19.1 Å². The van der Waals surface area contributed by atoms with E-state index in [1.54, 1.807) is 36.4 Å². The van der Waals surface area contributed by atoms with Gasteiger partial charge in [-0.2, -0.15) is 0 Å². The smallest absolute Gasteiger partial charge is 0.335 e. The van der Waals surface area contributed by atoms with Crippen LogP contribution in [0.25, 0.3) is 11.0 Å². The maximum atomic E-state index is 14.1. The number of carbonyl (C=O) groups is 1. The molecule has 10 heteroatoms. The van der Waals surface area contributed by atoms with Crippen LogP contribution in [0.4, 0.5) is 4.39 Å². The van der Waals surface area contributed by atoms with Crippen LogP contribution in [0.2, 0.25) is 5.02 Å². The van der Waals surface area contributed by atoms with Crippen LogP contribution in [0.5, 0.6) is 5.88 Å². The van der Waals surface area contributed by atoms with Gasteiger partial charge in [-0.3, -0.25) is 4.90 Å². The summed E-state index contributed by atoms with van der Waals surface area (Å²) in [6.07, 6.45) is 3.01. The Morgan fingerprint density at radius 2 is 1.93 bits per heavy atom. The highest BCUT2D eigenvalue weighted by Crippen LogP contribution is 2.30. The molecule has 4 aromatic rings. The molecule has 2 saturated heterocycles. The summed E-state index contributed by atoms with van der Waals surface area (Å²) in [5.41, 5.74) is 3.30. The molecule has 4 heterocycles. The van der Waals surface area contributed by atoms with Crippen LogP contribution in [0, 0.1) is 5.82 Å². The third-order valence-electron chi connectivity index (χ3n) is 7.76. The quantitative estimate of drug-likeness (QED) is 0.280. The molecule has 0 amide bonds. The SMILES string of the molecule is O=C(O)c1ccc2nc(CN3CCC(c4cccc(OCc5ccc(Cl)cc5F)n4)CC3)n(C[C@@H]3CCO3)c2c1. The van der Waals surface area contributed by atoms with E-state index in [9.17, 15) is 14.3 Å². The monoisotopic (exact) mass is 564 g/mol. The number of likely N-dealkylation sites (tertiary alicyclic amines) is 1. The van der Waals surface area contributed by atoms with Gasteiger partial charge in [0, 0.05) is 34.9 Å². The van der Waals surface area contributed by atoms with Gasteiger partial charge in [0.05, 0.1) is 35.8 Å². The number of carboxylic acids is 1. The first kappa shape index (κ1) is 26.7. The second-order valence-electron chi connectivity index (χ2n) is 10.4. The summed E-state index contributed by atoms with van der Waals surface area (Å²) in [6.45, 7) is 3.97. The maximum Gasteiger partial charge on any atom is 0.335 e. The summed E-state index contributed by atoms with van der Waals surface area (Å²) < 4.78 is 27.7. The van der Waals surface area contributed by atoms with Crippen molar-refractivity contribution in [1.29, 1.82) is 0 Å². The number of fused-ring (bicyclic) bond motifs is 1. The molecule has 40 heavy (non-hydrogen) atoms. The first-order valence-corrected chi connectivity index (χ1v) is 13.9. The molecule has 2 aliphatic rings. The number of pyridine rings is 1. The summed E-state index contributed by atoms with van der Waals surface area (Å²) in [6, 6.07) is 15.4. The lowest BCUT2D eigenvalue weighted by atomic mass is 9.93. The number of hydrogen-bond acceptors (Lipinski definition) is 6. The second kappa shape index (κ2) is 11.5. The first-order valence-electron chi connectivity index (χ1n) is 13.5. The van der Waals surface area contributed by atoms with Gasteiger partial charge in [0.1, 0.15) is 18.2 Å². The molecule has 6 rings (SSSR count). The van der Waals surface area contributed by atoms with E-state index >= 15 is 0 Å². The van der Waals surface area contributed by atoms with Crippen molar-refractivity contribution in [2.24, 2.45) is 0 Å². The van der Waals surface area contributed by atoms with Crippen LogP contribution >= 0.6 is 11.6 Å². The zero-order chi connectivity index (χ0) is 27.6. The molecule has 1 atom stereocenters. The number of benzene rings is 2. The van der Waals surface area contributed by atoms with Crippen LogP contribution in [0.3, 0.4) is 0 Å². The van der Waals surface area contributed by atoms with Crippen molar-refractivity contribution in [3.63, 3.8) is 0 Å². The fourth-order valence-corrected chi connectivity index (χ4v) is 5.54. The third-order valence-corrected chi connectivity index (χ3v) is 8.00. The predicted octanol–water partition coefficient (Wildman–Crippen LogP) is 5.67. The highest BCUT2D eigenvalue weighted by atomic mass is 35.5. The fourth-order valence-electron chi connectivity index (χ4n) is 5.38. The molecule has 2 fully saturated rings. The van der Waals surface area contributed by atoms with Crippen molar-refractivity contribution in [3.05, 3.63) is 88.1 Å². The lowest BCUT2D eigenvalue weighted by Crippen LogP contribution is -2.35. The maximum absolute atomic E-state index is 14.1. The average molecular weight is 565 g/mol. The van der Waals surface area contributed by atoms with Crippen LogP contribution in [0.15, 0.2) is 54.6 Å². The van der Waals surface area contributed by atoms with Crippen molar-refractivity contribution in [2.75, 3.05) is 19.7 Å². The van der Waals surface area contributed by atoms with Gasteiger partial charge in [0.2, 0.25) is 5.88 Å². The Bertz CT molecular complexity index is 1530. The number of halogens is 2. The molecule has 2 aromatic carbocycles. The first-order chi connectivity index (χ1) is 19.4. The molecule has 1 N–H and O–H groups in total. The predicted molar refractivity (Wildman–Crippen MR) is 148 cm³/mol. The molecule has 2 aliphatic heterocycles. The number of aromatic nitrogens is 3. The summed E-state index contributed by atoms with van der Waals surface area (Å²) in [5, 5.41) is 9.84. The number of carboxylic acid groups (broad SMARTS) is 1. The molecule has 0 spiro atoms. The standard InChI is InChI=1S/C30H30ClFN4O4/c31-22-6-4-21(24(32)15-22)18-40-29-3-1-2-25(34-29)19-8-11-35(12-9-19)17-28-33-26-7-5-20(30(37)38)14-27(26)36(28)16-23-10-13-39-23/h1-7,14-15,19,23H,8-13,16-18H2,(H,37,38)/t23-/m0/s1. The Morgan fingerprint density at radius 3 is 2.65 bits per heavy atom. The van der Waals surface area contributed by atoms with Crippen LogP contribution < -0.4 is 4.74 Å². The molecule has 2 aromatic heterocycles. The molecule has 208 valence electrons.